The van der Waals surface area contributed by atoms with Gasteiger partial charge < -0.3 is 4.98 Å². The Morgan fingerprint density at radius 1 is 1.75 bits per heavy atom. The minimum atomic E-state index is -0.322. The van der Waals surface area contributed by atoms with Crippen molar-refractivity contribution in [3.05, 3.63) is 22.8 Å². The first-order valence-electron chi connectivity index (χ1n) is 3.33. The molecular weight excluding hydrogens is 179 g/mol. The summed E-state index contributed by atoms with van der Waals surface area (Å²) in [6.45, 7) is 4.60. The number of H-pyrrole nitrogens is 1. The van der Waals surface area contributed by atoms with Crippen LogP contribution in [-0.2, 0) is 0 Å². The van der Waals surface area contributed by atoms with Gasteiger partial charge in [-0.3, -0.25) is 4.99 Å². The number of aliphatic imine (C=N–C) groups is 1. The number of rotatable bonds is 1. The molecule has 0 aromatic carbocycles. The first-order chi connectivity index (χ1) is 5.66. The Balaban J connectivity index is 3.68. The first kappa shape index (κ1) is 9.00. The lowest BCUT2D eigenvalue weighted by atomic mass is 10.4. The van der Waals surface area contributed by atoms with Crippen LogP contribution >= 0.6 is 11.6 Å². The van der Waals surface area contributed by atoms with Gasteiger partial charge in [-0.2, -0.15) is 0 Å². The smallest absolute Gasteiger partial charge is 0.137 e. The summed E-state index contributed by atoms with van der Waals surface area (Å²) >= 11 is 5.67. The Morgan fingerprint density at radius 3 is 2.92 bits per heavy atom. The van der Waals surface area contributed by atoms with Gasteiger partial charge in [0.25, 0.3) is 0 Å². The van der Waals surface area contributed by atoms with Gasteiger partial charge >= 0.3 is 0 Å². The van der Waals surface area contributed by atoms with Crippen LogP contribution in [0.2, 0.25) is 0 Å². The molecule has 4 heteroatoms. The van der Waals surface area contributed by atoms with E-state index < -0.39 is 0 Å². The number of aromatic amines is 1. The third-order valence-electron chi connectivity index (χ3n) is 1.45. The predicted molar refractivity (Wildman–Crippen MR) is 49.0 cm³/mol. The van der Waals surface area contributed by atoms with E-state index >= 15 is 0 Å². The molecule has 0 spiro atoms. The van der Waals surface area contributed by atoms with Crippen LogP contribution in [0.5, 0.6) is 0 Å². The summed E-state index contributed by atoms with van der Waals surface area (Å²) in [4.78, 5) is 6.22. The van der Waals surface area contributed by atoms with Crippen LogP contribution in [0.4, 0.5) is 4.39 Å². The third-order valence-corrected chi connectivity index (χ3v) is 1.78. The minimum Gasteiger partial charge on any atom is -0.359 e. The number of aromatic nitrogens is 1. The molecule has 1 N–H and O–H groups in total. The van der Waals surface area contributed by atoms with E-state index in [4.69, 9.17) is 11.6 Å². The lowest BCUT2D eigenvalue weighted by Gasteiger charge is -1.85. The summed E-state index contributed by atoms with van der Waals surface area (Å²) < 4.78 is 12.8. The fourth-order valence-corrected chi connectivity index (χ4v) is 1.07. The lowest BCUT2D eigenvalue weighted by Crippen LogP contribution is -2.24. The zero-order valence-electron chi connectivity index (χ0n) is 6.56. The summed E-state index contributed by atoms with van der Waals surface area (Å²) in [5, 5.41) is 1.09. The Labute approximate surface area is 74.1 Å². The van der Waals surface area contributed by atoms with Gasteiger partial charge in [0.1, 0.15) is 11.0 Å². The van der Waals surface area contributed by atoms with Crippen molar-refractivity contribution in [2.45, 2.75) is 6.92 Å². The summed E-state index contributed by atoms with van der Waals surface area (Å²) in [5.41, 5.74) is 0. The zero-order valence-corrected chi connectivity index (χ0v) is 7.32. The fraction of sp³-hybridized carbons (Fsp3) is 0.125. The van der Waals surface area contributed by atoms with E-state index in [-0.39, 0.29) is 11.0 Å². The van der Waals surface area contributed by atoms with E-state index in [2.05, 4.69) is 16.7 Å². The molecule has 0 fully saturated rings. The van der Waals surface area contributed by atoms with Crippen LogP contribution in [0.1, 0.15) is 6.92 Å². The number of nitrogens with one attached hydrogen (secondary N) is 1. The van der Waals surface area contributed by atoms with E-state index in [1.807, 2.05) is 0 Å². The van der Waals surface area contributed by atoms with Gasteiger partial charge in [-0.05, 0) is 19.7 Å². The molecule has 0 aliphatic rings. The molecule has 0 bridgehead atoms. The molecule has 0 atom stereocenters. The standard InChI is InChI=1S/C8H8ClFN2/c1-5(10)7-6(3-4-12-7)8(9)11-2/h3-4,12H,2H2,1H3/b7-5-,8-6-. The maximum atomic E-state index is 12.8. The minimum absolute atomic E-state index is 0.197. The topological polar surface area (TPSA) is 28.1 Å². The van der Waals surface area contributed by atoms with Crippen molar-refractivity contribution in [3.8, 4) is 0 Å². The van der Waals surface area contributed by atoms with Crippen molar-refractivity contribution < 1.29 is 4.39 Å². The van der Waals surface area contributed by atoms with Gasteiger partial charge in [0.15, 0.2) is 0 Å². The second kappa shape index (κ2) is 3.54. The third kappa shape index (κ3) is 1.56. The first-order valence-corrected chi connectivity index (χ1v) is 3.71. The number of halogens is 2. The quantitative estimate of drug-likeness (QED) is 0.503. The molecule has 1 aromatic rings. The molecular formula is C8H8ClFN2. The van der Waals surface area contributed by atoms with Gasteiger partial charge in [0, 0.05) is 11.4 Å². The Morgan fingerprint density at radius 2 is 2.42 bits per heavy atom. The molecule has 0 saturated carbocycles. The largest absolute Gasteiger partial charge is 0.359 e. The highest BCUT2D eigenvalue weighted by molar-refractivity contribution is 6.45. The molecule has 12 heavy (non-hydrogen) atoms. The van der Waals surface area contributed by atoms with Crippen molar-refractivity contribution >= 4 is 29.3 Å². The molecule has 0 unspecified atom stereocenters. The molecule has 0 amide bonds. The fourth-order valence-electron chi connectivity index (χ4n) is 0.912. The highest BCUT2D eigenvalue weighted by Gasteiger charge is 1.95. The monoisotopic (exact) mass is 186 g/mol. The van der Waals surface area contributed by atoms with Gasteiger partial charge in [0.2, 0.25) is 0 Å². The van der Waals surface area contributed by atoms with Crippen molar-refractivity contribution in [2.75, 3.05) is 0 Å². The Hall–Kier alpha value is -1.09. The van der Waals surface area contributed by atoms with E-state index in [0.29, 0.717) is 10.6 Å². The molecule has 1 heterocycles. The molecule has 0 aliphatic heterocycles. The Bertz CT molecular complexity index is 401. The van der Waals surface area contributed by atoms with Crippen molar-refractivity contribution in [3.63, 3.8) is 0 Å². The second-order valence-corrected chi connectivity index (χ2v) is 2.61. The van der Waals surface area contributed by atoms with Gasteiger partial charge in [-0.25, -0.2) is 4.39 Å². The number of hydrogen-bond acceptors (Lipinski definition) is 1. The van der Waals surface area contributed by atoms with E-state index in [1.54, 1.807) is 12.3 Å². The molecule has 2 nitrogen and oxygen atoms in total. The normalized spacial score (nSPS) is 15.6. The highest BCUT2D eigenvalue weighted by atomic mass is 35.5. The number of nitrogens with zero attached hydrogens (tertiary/aromatic N) is 1. The van der Waals surface area contributed by atoms with E-state index in [9.17, 15) is 4.39 Å². The second-order valence-electron chi connectivity index (χ2n) is 2.25. The van der Waals surface area contributed by atoms with Crippen molar-refractivity contribution in [1.82, 2.24) is 4.98 Å². The van der Waals surface area contributed by atoms with Crippen LogP contribution in [0, 0.1) is 0 Å². The van der Waals surface area contributed by atoms with Crippen LogP contribution in [-0.4, -0.2) is 11.7 Å². The van der Waals surface area contributed by atoms with Crippen LogP contribution in [0.25, 0.3) is 11.0 Å². The van der Waals surface area contributed by atoms with Crippen LogP contribution in [0.3, 0.4) is 0 Å². The zero-order chi connectivity index (χ0) is 9.14. The molecule has 0 saturated heterocycles. The van der Waals surface area contributed by atoms with E-state index in [1.165, 1.54) is 6.92 Å². The lowest BCUT2D eigenvalue weighted by molar-refractivity contribution is 0.735. The molecule has 1 rings (SSSR count). The van der Waals surface area contributed by atoms with Crippen molar-refractivity contribution in [2.24, 2.45) is 4.99 Å². The van der Waals surface area contributed by atoms with E-state index in [0.717, 1.165) is 0 Å². The summed E-state index contributed by atoms with van der Waals surface area (Å²) in [7, 11) is 0. The predicted octanol–water partition coefficient (Wildman–Crippen LogP) is 1.12. The summed E-state index contributed by atoms with van der Waals surface area (Å²) in [6.07, 6.45) is 1.60. The van der Waals surface area contributed by atoms with Crippen LogP contribution in [0.15, 0.2) is 17.3 Å². The number of hydrogen-bond donors (Lipinski definition) is 1. The average molecular weight is 187 g/mol. The molecule has 1 aromatic heterocycles. The van der Waals surface area contributed by atoms with Gasteiger partial charge in [0.05, 0.1) is 5.35 Å². The molecule has 0 radical (unpaired) electrons. The highest BCUT2D eigenvalue weighted by Crippen LogP contribution is 1.98. The Kier molecular flexibility index (Phi) is 2.65. The maximum absolute atomic E-state index is 12.8. The average Bonchev–Trinajstić information content (AvgIpc) is 2.50. The van der Waals surface area contributed by atoms with Gasteiger partial charge in [-0.15, -0.1) is 0 Å². The SMILES string of the molecule is C=N/C(Cl)=c1/cc[nH]/c1=C(/C)F. The maximum Gasteiger partial charge on any atom is 0.137 e. The molecule has 64 valence electrons. The van der Waals surface area contributed by atoms with Crippen LogP contribution < -0.4 is 10.6 Å². The van der Waals surface area contributed by atoms with Crippen molar-refractivity contribution in [1.29, 1.82) is 0 Å². The summed E-state index contributed by atoms with van der Waals surface area (Å²) in [5.74, 6) is -0.322. The molecule has 0 aliphatic carbocycles. The summed E-state index contributed by atoms with van der Waals surface area (Å²) in [6, 6.07) is 1.65. The van der Waals surface area contributed by atoms with Gasteiger partial charge in [-0.1, -0.05) is 11.6 Å².